The molecule has 0 saturated carbocycles. The smallest absolute Gasteiger partial charge is 0.283 e. The summed E-state index contributed by atoms with van der Waals surface area (Å²) in [6, 6.07) is 14.2. The third kappa shape index (κ3) is 5.08. The van der Waals surface area contributed by atoms with Gasteiger partial charge in [-0.05, 0) is 61.2 Å². The Morgan fingerprint density at radius 3 is 2.76 bits per heavy atom. The summed E-state index contributed by atoms with van der Waals surface area (Å²) in [4.78, 5) is 2.33. The first-order chi connectivity index (χ1) is 18.0. The van der Waals surface area contributed by atoms with Crippen molar-refractivity contribution < 1.29 is 23.4 Å². The van der Waals surface area contributed by atoms with E-state index in [1.165, 1.54) is 11.1 Å². The number of fused-ring (bicyclic) bond motifs is 2. The molecule has 2 aliphatic heterocycles. The van der Waals surface area contributed by atoms with Gasteiger partial charge in [-0.1, -0.05) is 32.0 Å². The molecule has 1 saturated heterocycles. The number of furan rings is 1. The third-order valence-electron chi connectivity index (χ3n) is 7.34. The standard InChI is InChI=1S/C29H33N3O5/c1-18(2)28-30-31-29(37-28)27-15-23-25(4-3-5-26(23)36-27)35-17-22(33)16-32-11-8-19(9-12-32)20-6-7-24-21(14-20)10-13-34-24/h3-7,14-15,18-19,22,33H,8-13,16-17H2,1-2H3. The van der Waals surface area contributed by atoms with E-state index in [0.29, 0.717) is 41.3 Å². The highest BCUT2D eigenvalue weighted by Gasteiger charge is 2.24. The number of aromatic nitrogens is 2. The minimum Gasteiger partial charge on any atom is -0.493 e. The van der Waals surface area contributed by atoms with E-state index in [1.54, 1.807) is 0 Å². The maximum absolute atomic E-state index is 10.7. The number of ether oxygens (including phenoxy) is 2. The lowest BCUT2D eigenvalue weighted by Gasteiger charge is -2.33. The van der Waals surface area contributed by atoms with Gasteiger partial charge in [0.2, 0.25) is 5.89 Å². The molecule has 8 heteroatoms. The predicted octanol–water partition coefficient (Wildman–Crippen LogP) is 5.16. The molecule has 1 unspecified atom stereocenters. The van der Waals surface area contributed by atoms with Gasteiger partial charge in [0.1, 0.15) is 29.8 Å². The third-order valence-corrected chi connectivity index (χ3v) is 7.34. The van der Waals surface area contributed by atoms with Gasteiger partial charge in [-0.25, -0.2) is 0 Å². The fourth-order valence-corrected chi connectivity index (χ4v) is 5.28. The largest absolute Gasteiger partial charge is 0.493 e. The second kappa shape index (κ2) is 10.2. The Morgan fingerprint density at radius 1 is 1.08 bits per heavy atom. The Labute approximate surface area is 216 Å². The number of hydrogen-bond acceptors (Lipinski definition) is 8. The zero-order chi connectivity index (χ0) is 25.4. The molecular formula is C29H33N3O5. The summed E-state index contributed by atoms with van der Waals surface area (Å²) in [5.41, 5.74) is 3.43. The van der Waals surface area contributed by atoms with Gasteiger partial charge in [0.05, 0.1) is 12.0 Å². The summed E-state index contributed by atoms with van der Waals surface area (Å²) in [6.45, 7) is 7.54. The van der Waals surface area contributed by atoms with E-state index in [4.69, 9.17) is 18.3 Å². The SMILES string of the molecule is CC(C)c1nnc(-c2cc3c(OCC(O)CN4CCC(c5ccc6c(c5)CCO6)CC4)cccc3o2)o1. The van der Waals surface area contributed by atoms with Crippen molar-refractivity contribution in [1.82, 2.24) is 15.1 Å². The van der Waals surface area contributed by atoms with E-state index >= 15 is 0 Å². The quantitative estimate of drug-likeness (QED) is 0.352. The van der Waals surface area contributed by atoms with Crippen molar-refractivity contribution in [3.8, 4) is 23.1 Å². The molecule has 194 valence electrons. The molecular weight excluding hydrogens is 470 g/mol. The maximum atomic E-state index is 10.7. The molecule has 2 aliphatic rings. The first kappa shape index (κ1) is 24.0. The van der Waals surface area contributed by atoms with Gasteiger partial charge in [0.15, 0.2) is 5.76 Å². The Bertz CT molecular complexity index is 1370. The monoisotopic (exact) mass is 503 g/mol. The molecule has 0 bridgehead atoms. The molecule has 6 rings (SSSR count). The van der Waals surface area contributed by atoms with E-state index < -0.39 is 6.10 Å². The molecule has 4 heterocycles. The Balaban J connectivity index is 1.03. The van der Waals surface area contributed by atoms with Crippen molar-refractivity contribution in [2.75, 3.05) is 32.8 Å². The molecule has 2 aromatic heterocycles. The van der Waals surface area contributed by atoms with Crippen molar-refractivity contribution >= 4 is 11.0 Å². The molecule has 0 spiro atoms. The Hall–Kier alpha value is -3.36. The van der Waals surface area contributed by atoms with Gasteiger partial charge in [0.25, 0.3) is 5.89 Å². The number of likely N-dealkylation sites (tertiary alicyclic amines) is 1. The predicted molar refractivity (Wildman–Crippen MR) is 139 cm³/mol. The van der Waals surface area contributed by atoms with Crippen LogP contribution >= 0.6 is 0 Å². The van der Waals surface area contributed by atoms with Gasteiger partial charge < -0.3 is 28.3 Å². The van der Waals surface area contributed by atoms with Crippen molar-refractivity contribution in [2.24, 2.45) is 0 Å². The van der Waals surface area contributed by atoms with E-state index in [-0.39, 0.29) is 12.5 Å². The summed E-state index contributed by atoms with van der Waals surface area (Å²) in [5.74, 6) is 3.84. The lowest BCUT2D eigenvalue weighted by atomic mass is 9.88. The molecule has 1 atom stereocenters. The number of aliphatic hydroxyl groups is 1. The number of hydrogen-bond donors (Lipinski definition) is 1. The number of aliphatic hydroxyl groups excluding tert-OH is 1. The van der Waals surface area contributed by atoms with E-state index in [1.807, 2.05) is 38.1 Å². The lowest BCUT2D eigenvalue weighted by Crippen LogP contribution is -2.40. The maximum Gasteiger partial charge on any atom is 0.283 e. The van der Waals surface area contributed by atoms with Crippen LogP contribution in [-0.2, 0) is 6.42 Å². The highest BCUT2D eigenvalue weighted by atomic mass is 16.5. The highest BCUT2D eigenvalue weighted by Crippen LogP contribution is 2.35. The van der Waals surface area contributed by atoms with Crippen molar-refractivity contribution in [3.63, 3.8) is 0 Å². The van der Waals surface area contributed by atoms with E-state index in [2.05, 4.69) is 33.3 Å². The number of β-amino-alcohol motifs (C(OH)–C–C–N with tert-alkyl or cyclic N) is 1. The van der Waals surface area contributed by atoms with Crippen molar-refractivity contribution in [2.45, 2.75) is 51.0 Å². The topological polar surface area (TPSA) is 94.0 Å². The van der Waals surface area contributed by atoms with Gasteiger partial charge >= 0.3 is 0 Å². The summed E-state index contributed by atoms with van der Waals surface area (Å²) in [7, 11) is 0. The molecule has 4 aromatic rings. The van der Waals surface area contributed by atoms with E-state index in [0.717, 1.165) is 50.1 Å². The van der Waals surface area contributed by atoms with Crippen LogP contribution in [0.1, 0.15) is 55.5 Å². The van der Waals surface area contributed by atoms with Crippen molar-refractivity contribution in [1.29, 1.82) is 0 Å². The van der Waals surface area contributed by atoms with Crippen molar-refractivity contribution in [3.05, 3.63) is 59.5 Å². The van der Waals surface area contributed by atoms with Crippen LogP contribution in [0, 0.1) is 0 Å². The zero-order valence-electron chi connectivity index (χ0n) is 21.4. The minimum absolute atomic E-state index is 0.144. The molecule has 0 aliphatic carbocycles. The number of piperidine rings is 1. The molecule has 8 nitrogen and oxygen atoms in total. The number of nitrogens with zero attached hydrogens (tertiary/aromatic N) is 3. The molecule has 0 amide bonds. The minimum atomic E-state index is -0.583. The molecule has 2 aromatic carbocycles. The highest BCUT2D eigenvalue weighted by molar-refractivity contribution is 5.87. The van der Waals surface area contributed by atoms with Gasteiger partial charge in [-0.2, -0.15) is 0 Å². The molecule has 1 fully saturated rings. The van der Waals surface area contributed by atoms with Crippen LogP contribution in [0.5, 0.6) is 11.5 Å². The molecule has 1 N–H and O–H groups in total. The fraction of sp³-hybridized carbons (Fsp3) is 0.448. The number of rotatable bonds is 8. The van der Waals surface area contributed by atoms with Crippen LogP contribution < -0.4 is 9.47 Å². The normalized spacial score (nSPS) is 17.3. The number of benzene rings is 2. The Kier molecular flexibility index (Phi) is 6.61. The first-order valence-electron chi connectivity index (χ1n) is 13.2. The fourth-order valence-electron chi connectivity index (χ4n) is 5.28. The zero-order valence-corrected chi connectivity index (χ0v) is 21.4. The second-order valence-electron chi connectivity index (χ2n) is 10.4. The van der Waals surface area contributed by atoms with Crippen LogP contribution in [0.2, 0.25) is 0 Å². The summed E-state index contributed by atoms with van der Waals surface area (Å²) in [5, 5.41) is 19.7. The van der Waals surface area contributed by atoms with Crippen LogP contribution in [0.25, 0.3) is 22.6 Å². The summed E-state index contributed by atoms with van der Waals surface area (Å²) >= 11 is 0. The lowest BCUT2D eigenvalue weighted by molar-refractivity contribution is 0.0599. The van der Waals surface area contributed by atoms with Gasteiger partial charge in [-0.15, -0.1) is 10.2 Å². The average molecular weight is 504 g/mol. The molecule has 0 radical (unpaired) electrons. The average Bonchev–Trinajstić information content (AvgIpc) is 3.66. The van der Waals surface area contributed by atoms with Crippen LogP contribution in [0.4, 0.5) is 0 Å². The summed E-state index contributed by atoms with van der Waals surface area (Å²) < 4.78 is 23.3. The van der Waals surface area contributed by atoms with Crippen LogP contribution in [0.3, 0.4) is 0 Å². The Morgan fingerprint density at radius 2 is 1.95 bits per heavy atom. The second-order valence-corrected chi connectivity index (χ2v) is 10.4. The summed E-state index contributed by atoms with van der Waals surface area (Å²) in [6.07, 6.45) is 2.62. The van der Waals surface area contributed by atoms with Gasteiger partial charge in [-0.3, -0.25) is 0 Å². The van der Waals surface area contributed by atoms with Crippen LogP contribution in [-0.4, -0.2) is 59.2 Å². The van der Waals surface area contributed by atoms with E-state index in [9.17, 15) is 5.11 Å². The van der Waals surface area contributed by atoms with Crippen LogP contribution in [0.15, 0.2) is 51.3 Å². The van der Waals surface area contributed by atoms with Gasteiger partial charge in [0, 0.05) is 24.9 Å². The molecule has 37 heavy (non-hydrogen) atoms. The first-order valence-corrected chi connectivity index (χ1v) is 13.2.